The van der Waals surface area contributed by atoms with Gasteiger partial charge in [0.25, 0.3) is 0 Å². The molecule has 1 aromatic carbocycles. The van der Waals surface area contributed by atoms with Crippen LogP contribution in [0.1, 0.15) is 30.1 Å². The number of halogens is 2. The number of aromatic nitrogens is 2. The van der Waals surface area contributed by atoms with Crippen molar-refractivity contribution in [2.24, 2.45) is 0 Å². The average Bonchev–Trinajstić information content (AvgIpc) is 3.20. The number of benzene rings is 1. The summed E-state index contributed by atoms with van der Waals surface area (Å²) in [5, 5.41) is 4.48. The summed E-state index contributed by atoms with van der Waals surface area (Å²) in [6, 6.07) is 7.52. The number of hydrogen-bond donors (Lipinski definition) is 1. The van der Waals surface area contributed by atoms with E-state index < -0.39 is 0 Å². The molecule has 0 bridgehead atoms. The van der Waals surface area contributed by atoms with Crippen molar-refractivity contribution in [3.63, 3.8) is 0 Å². The molecule has 3 nitrogen and oxygen atoms in total. The first kappa shape index (κ1) is 12.7. The summed E-state index contributed by atoms with van der Waals surface area (Å²) in [5.41, 5.74) is 2.55. The Morgan fingerprint density at radius 3 is 2.58 bits per heavy atom. The molecular weight excluding hydrogens is 281 g/mol. The minimum Gasteiger partial charge on any atom is -0.323 e. The summed E-state index contributed by atoms with van der Waals surface area (Å²) in [6.45, 7) is 1.90. The maximum atomic E-state index is 6.26. The van der Waals surface area contributed by atoms with E-state index >= 15 is 0 Å². The van der Waals surface area contributed by atoms with Crippen LogP contribution in [0.15, 0.2) is 24.3 Å². The van der Waals surface area contributed by atoms with Gasteiger partial charge in [-0.2, -0.15) is 0 Å². The minimum absolute atomic E-state index is 0.487. The zero-order chi connectivity index (χ0) is 13.4. The number of hydrogen-bond acceptors (Lipinski definition) is 3. The van der Waals surface area contributed by atoms with E-state index in [2.05, 4.69) is 15.3 Å². The van der Waals surface area contributed by atoms with Crippen LogP contribution < -0.4 is 5.32 Å². The maximum absolute atomic E-state index is 6.26. The van der Waals surface area contributed by atoms with E-state index in [-0.39, 0.29) is 0 Å². The summed E-state index contributed by atoms with van der Waals surface area (Å²) in [5.74, 6) is 1.04. The van der Waals surface area contributed by atoms with Gasteiger partial charge in [-0.15, -0.1) is 0 Å². The van der Waals surface area contributed by atoms with E-state index in [0.717, 1.165) is 29.9 Å². The smallest absolute Gasteiger partial charge is 0.227 e. The van der Waals surface area contributed by atoms with Crippen LogP contribution >= 0.6 is 23.2 Å². The highest BCUT2D eigenvalue weighted by Crippen LogP contribution is 2.43. The van der Waals surface area contributed by atoms with E-state index in [1.165, 1.54) is 0 Å². The van der Waals surface area contributed by atoms with Gasteiger partial charge < -0.3 is 5.32 Å². The highest BCUT2D eigenvalue weighted by molar-refractivity contribution is 6.33. The molecule has 98 valence electrons. The van der Waals surface area contributed by atoms with Gasteiger partial charge in [-0.3, -0.25) is 0 Å². The van der Waals surface area contributed by atoms with Gasteiger partial charge >= 0.3 is 0 Å². The molecule has 3 rings (SSSR count). The Bertz CT molecular complexity index is 624. The average molecular weight is 294 g/mol. The third-order valence-corrected chi connectivity index (χ3v) is 3.92. The molecule has 19 heavy (non-hydrogen) atoms. The predicted molar refractivity (Wildman–Crippen MR) is 78.5 cm³/mol. The second-order valence-electron chi connectivity index (χ2n) is 4.71. The highest BCUT2D eigenvalue weighted by Gasteiger charge is 2.29. The molecule has 1 aromatic heterocycles. The lowest BCUT2D eigenvalue weighted by Gasteiger charge is -2.10. The first-order valence-electron chi connectivity index (χ1n) is 6.20. The van der Waals surface area contributed by atoms with Crippen LogP contribution in [0.25, 0.3) is 0 Å². The predicted octanol–water partition coefficient (Wildman–Crippen LogP) is 4.71. The van der Waals surface area contributed by atoms with Gasteiger partial charge in [0, 0.05) is 5.92 Å². The van der Waals surface area contributed by atoms with E-state index in [1.807, 2.05) is 31.2 Å². The van der Waals surface area contributed by atoms with Crippen LogP contribution in [0.4, 0.5) is 11.6 Å². The highest BCUT2D eigenvalue weighted by atomic mass is 35.5. The fourth-order valence-corrected chi connectivity index (χ4v) is 2.37. The van der Waals surface area contributed by atoms with Crippen LogP contribution in [0.3, 0.4) is 0 Å². The van der Waals surface area contributed by atoms with Crippen molar-refractivity contribution in [3.05, 3.63) is 45.7 Å². The molecule has 1 aliphatic rings. The van der Waals surface area contributed by atoms with Crippen LogP contribution in [0.2, 0.25) is 10.0 Å². The molecule has 0 amide bonds. The maximum Gasteiger partial charge on any atom is 0.227 e. The molecule has 1 N–H and O–H groups in total. The first-order chi connectivity index (χ1) is 9.15. The fraction of sp³-hybridized carbons (Fsp3) is 0.286. The third kappa shape index (κ3) is 2.67. The zero-order valence-electron chi connectivity index (χ0n) is 10.5. The second-order valence-corrected chi connectivity index (χ2v) is 5.50. The van der Waals surface area contributed by atoms with Gasteiger partial charge in [0.2, 0.25) is 5.95 Å². The van der Waals surface area contributed by atoms with Gasteiger partial charge in [-0.05, 0) is 31.9 Å². The molecule has 1 aliphatic carbocycles. The fourth-order valence-electron chi connectivity index (χ4n) is 1.95. The molecule has 5 heteroatoms. The Kier molecular flexibility index (Phi) is 3.33. The molecule has 0 saturated heterocycles. The van der Waals surface area contributed by atoms with E-state index in [4.69, 9.17) is 23.2 Å². The topological polar surface area (TPSA) is 37.8 Å². The van der Waals surface area contributed by atoms with Gasteiger partial charge in [0.15, 0.2) is 0 Å². The van der Waals surface area contributed by atoms with E-state index in [1.54, 1.807) is 0 Å². The quantitative estimate of drug-likeness (QED) is 0.890. The van der Waals surface area contributed by atoms with Crippen molar-refractivity contribution in [1.29, 1.82) is 0 Å². The van der Waals surface area contributed by atoms with Gasteiger partial charge in [0.1, 0.15) is 0 Å². The number of anilines is 2. The van der Waals surface area contributed by atoms with E-state index in [0.29, 0.717) is 21.9 Å². The second kappa shape index (κ2) is 4.99. The Morgan fingerprint density at radius 1 is 1.16 bits per heavy atom. The molecular formula is C14H13Cl2N3. The monoisotopic (exact) mass is 293 g/mol. The first-order valence-corrected chi connectivity index (χ1v) is 6.96. The number of nitrogens with one attached hydrogen (secondary N) is 1. The molecule has 0 spiro atoms. The summed E-state index contributed by atoms with van der Waals surface area (Å²) in [6.07, 6.45) is 2.31. The molecule has 0 radical (unpaired) electrons. The molecule has 1 saturated carbocycles. The largest absolute Gasteiger partial charge is 0.323 e. The standard InChI is InChI=1S/C14H13Cl2N3/c1-8-12(16)13(9-6-7-9)19-14(17-8)18-11-5-3-2-4-10(11)15/h2-5,9H,6-7H2,1H3,(H,17,18,19). The molecule has 1 fully saturated rings. The van der Waals surface area contributed by atoms with Crippen molar-refractivity contribution in [3.8, 4) is 0 Å². The number of nitrogens with zero attached hydrogens (tertiary/aromatic N) is 2. The lowest BCUT2D eigenvalue weighted by molar-refractivity contribution is 0.973. The van der Waals surface area contributed by atoms with Gasteiger partial charge in [0.05, 0.1) is 27.1 Å². The Labute approximate surface area is 122 Å². The van der Waals surface area contributed by atoms with Crippen LogP contribution in [0.5, 0.6) is 0 Å². The lowest BCUT2D eigenvalue weighted by atomic mass is 10.2. The van der Waals surface area contributed by atoms with Crippen LogP contribution in [-0.2, 0) is 0 Å². The van der Waals surface area contributed by atoms with Crippen molar-refractivity contribution >= 4 is 34.8 Å². The number of para-hydroxylation sites is 1. The van der Waals surface area contributed by atoms with E-state index in [9.17, 15) is 0 Å². The van der Waals surface area contributed by atoms with Gasteiger partial charge in [-0.25, -0.2) is 9.97 Å². The van der Waals surface area contributed by atoms with Crippen molar-refractivity contribution in [2.45, 2.75) is 25.7 Å². The SMILES string of the molecule is Cc1nc(Nc2ccccc2Cl)nc(C2CC2)c1Cl. The molecule has 0 aliphatic heterocycles. The lowest BCUT2D eigenvalue weighted by Crippen LogP contribution is -2.03. The van der Waals surface area contributed by atoms with Crippen molar-refractivity contribution in [2.75, 3.05) is 5.32 Å². The third-order valence-electron chi connectivity index (χ3n) is 3.13. The van der Waals surface area contributed by atoms with Crippen molar-refractivity contribution in [1.82, 2.24) is 9.97 Å². The summed E-state index contributed by atoms with van der Waals surface area (Å²) < 4.78 is 0. The Morgan fingerprint density at radius 2 is 1.89 bits per heavy atom. The molecule has 2 aromatic rings. The summed E-state index contributed by atoms with van der Waals surface area (Å²) in [4.78, 5) is 8.89. The minimum atomic E-state index is 0.487. The van der Waals surface area contributed by atoms with Crippen LogP contribution in [-0.4, -0.2) is 9.97 Å². The van der Waals surface area contributed by atoms with Crippen molar-refractivity contribution < 1.29 is 0 Å². The molecule has 0 unspecified atom stereocenters. The Hall–Kier alpha value is -1.32. The number of aryl methyl sites for hydroxylation is 1. The summed E-state index contributed by atoms with van der Waals surface area (Å²) in [7, 11) is 0. The Balaban J connectivity index is 1.95. The van der Waals surface area contributed by atoms with Gasteiger partial charge in [-0.1, -0.05) is 35.3 Å². The van der Waals surface area contributed by atoms with Crippen LogP contribution in [0, 0.1) is 6.92 Å². The summed E-state index contributed by atoms with van der Waals surface area (Å²) >= 11 is 12.4. The molecule has 1 heterocycles. The zero-order valence-corrected chi connectivity index (χ0v) is 12.0. The normalized spacial score (nSPS) is 14.5. The number of rotatable bonds is 3. The molecule has 0 atom stereocenters.